The van der Waals surface area contributed by atoms with Crippen molar-refractivity contribution in [3.05, 3.63) is 35.3 Å². The summed E-state index contributed by atoms with van der Waals surface area (Å²) in [5.41, 5.74) is 9.91. The number of fused-ring (bicyclic) bond motifs is 1. The van der Waals surface area contributed by atoms with E-state index in [-0.39, 0.29) is 0 Å². The van der Waals surface area contributed by atoms with Gasteiger partial charge in [0.1, 0.15) is 5.82 Å². The van der Waals surface area contributed by atoms with Gasteiger partial charge in [0.25, 0.3) is 0 Å². The van der Waals surface area contributed by atoms with Crippen molar-refractivity contribution < 1.29 is 4.74 Å². The first kappa shape index (κ1) is 20.4. The van der Waals surface area contributed by atoms with Gasteiger partial charge < -0.3 is 15.4 Å². The molecule has 0 unspecified atom stereocenters. The summed E-state index contributed by atoms with van der Waals surface area (Å²) in [6.45, 7) is 7.07. The van der Waals surface area contributed by atoms with Crippen molar-refractivity contribution in [2.75, 3.05) is 30.3 Å². The Kier molecular flexibility index (Phi) is 6.30. The van der Waals surface area contributed by atoms with Gasteiger partial charge in [-0.2, -0.15) is 4.98 Å². The molecule has 1 fully saturated rings. The maximum absolute atomic E-state index is 6.09. The Labute approximate surface area is 177 Å². The zero-order valence-electron chi connectivity index (χ0n) is 18.0. The van der Waals surface area contributed by atoms with E-state index in [0.29, 0.717) is 30.5 Å². The molecule has 0 aliphatic carbocycles. The predicted molar refractivity (Wildman–Crippen MR) is 118 cm³/mol. The van der Waals surface area contributed by atoms with E-state index in [1.807, 2.05) is 6.20 Å². The molecule has 160 valence electrons. The summed E-state index contributed by atoms with van der Waals surface area (Å²) in [4.78, 5) is 15.8. The number of hydrogen-bond acceptors (Lipinski definition) is 7. The van der Waals surface area contributed by atoms with Gasteiger partial charge in [-0.25, -0.2) is 14.5 Å². The zero-order valence-corrected chi connectivity index (χ0v) is 18.0. The van der Waals surface area contributed by atoms with Crippen molar-refractivity contribution in [1.82, 2.24) is 24.6 Å². The van der Waals surface area contributed by atoms with Crippen molar-refractivity contribution in [3.8, 4) is 6.01 Å². The maximum Gasteiger partial charge on any atom is 0.336 e. The monoisotopic (exact) mass is 409 g/mol. The van der Waals surface area contributed by atoms with E-state index in [9.17, 15) is 0 Å². The molecule has 0 radical (unpaired) electrons. The predicted octanol–water partition coefficient (Wildman–Crippen LogP) is 3.56. The molecule has 0 amide bonds. The highest BCUT2D eigenvalue weighted by Crippen LogP contribution is 2.23. The van der Waals surface area contributed by atoms with Crippen molar-refractivity contribution in [3.63, 3.8) is 0 Å². The molecule has 0 atom stereocenters. The molecule has 0 spiro atoms. The van der Waals surface area contributed by atoms with Gasteiger partial charge in [-0.15, -0.1) is 5.10 Å². The molecule has 4 rings (SSSR count). The maximum atomic E-state index is 6.09. The molecular weight excluding hydrogens is 378 g/mol. The van der Waals surface area contributed by atoms with Crippen LogP contribution in [0.3, 0.4) is 0 Å². The van der Waals surface area contributed by atoms with Crippen LogP contribution in [0.5, 0.6) is 6.01 Å². The Bertz CT molecular complexity index is 995. The van der Waals surface area contributed by atoms with Crippen LogP contribution in [0.1, 0.15) is 62.3 Å². The van der Waals surface area contributed by atoms with Gasteiger partial charge in [0.15, 0.2) is 11.5 Å². The second-order valence-corrected chi connectivity index (χ2v) is 8.03. The number of piperidine rings is 1. The fourth-order valence-corrected chi connectivity index (χ4v) is 3.99. The zero-order chi connectivity index (χ0) is 20.9. The molecule has 3 aromatic rings. The average Bonchev–Trinajstić information content (AvgIpc) is 3.15. The van der Waals surface area contributed by atoms with Crippen molar-refractivity contribution in [2.45, 2.75) is 58.8 Å². The number of nitrogen functional groups attached to an aromatic ring is 1. The van der Waals surface area contributed by atoms with Crippen molar-refractivity contribution in [1.29, 1.82) is 0 Å². The molecule has 1 aliphatic rings. The number of aromatic nitrogens is 5. The molecule has 30 heavy (non-hydrogen) atoms. The fourth-order valence-electron chi connectivity index (χ4n) is 3.99. The lowest BCUT2D eigenvalue weighted by Crippen LogP contribution is -2.30. The summed E-state index contributed by atoms with van der Waals surface area (Å²) < 4.78 is 7.45. The van der Waals surface area contributed by atoms with Crippen LogP contribution in [-0.2, 0) is 6.42 Å². The average molecular weight is 410 g/mol. The van der Waals surface area contributed by atoms with E-state index < -0.39 is 0 Å². The Balaban J connectivity index is 1.53. The number of hydrogen-bond donors (Lipinski definition) is 1. The fraction of sp³-hybridized carbons (Fsp3) is 0.545. The minimum atomic E-state index is 0.296. The highest BCUT2D eigenvalue weighted by Gasteiger charge is 2.16. The smallest absolute Gasteiger partial charge is 0.336 e. The first-order valence-electron chi connectivity index (χ1n) is 11.0. The van der Waals surface area contributed by atoms with Gasteiger partial charge in [-0.1, -0.05) is 25.8 Å². The number of imidazole rings is 1. The summed E-state index contributed by atoms with van der Waals surface area (Å²) in [7, 11) is 0. The highest BCUT2D eigenvalue weighted by atomic mass is 16.5. The van der Waals surface area contributed by atoms with Gasteiger partial charge in [-0.05, 0) is 43.7 Å². The molecular formula is C22H31N7O. The third-order valence-corrected chi connectivity index (χ3v) is 5.57. The Hall–Kier alpha value is -2.90. The van der Waals surface area contributed by atoms with Crippen LogP contribution >= 0.6 is 0 Å². The lowest BCUT2D eigenvalue weighted by atomic mass is 10.1. The van der Waals surface area contributed by atoms with Gasteiger partial charge in [0, 0.05) is 25.7 Å². The molecule has 1 aliphatic heterocycles. The standard InChI is InChI=1S/C22H31N7O/c1-3-4-8-11-30-22-26-19(23)21-25-15-18(29(21)27-22)13-17-12-16(2)20(24-14-17)28-9-6-5-7-10-28/h12,14-15H,3-11,13H2,1-2H3,(H2,23,26,27). The number of pyridine rings is 1. The minimum Gasteiger partial charge on any atom is -0.462 e. The van der Waals surface area contributed by atoms with E-state index >= 15 is 0 Å². The van der Waals surface area contributed by atoms with E-state index in [0.717, 1.165) is 49.4 Å². The second-order valence-electron chi connectivity index (χ2n) is 8.03. The van der Waals surface area contributed by atoms with Crippen molar-refractivity contribution in [2.24, 2.45) is 0 Å². The molecule has 8 heteroatoms. The summed E-state index contributed by atoms with van der Waals surface area (Å²) in [5.74, 6) is 1.43. The molecule has 4 heterocycles. The Morgan fingerprint density at radius 2 is 1.93 bits per heavy atom. The minimum absolute atomic E-state index is 0.296. The number of unbranched alkanes of at least 4 members (excludes halogenated alkanes) is 2. The third-order valence-electron chi connectivity index (χ3n) is 5.57. The lowest BCUT2D eigenvalue weighted by molar-refractivity contribution is 0.278. The molecule has 1 saturated heterocycles. The van der Waals surface area contributed by atoms with Gasteiger partial charge in [0.2, 0.25) is 0 Å². The number of nitrogens with two attached hydrogens (primary N) is 1. The quantitative estimate of drug-likeness (QED) is 0.568. The van der Waals surface area contributed by atoms with E-state index in [4.69, 9.17) is 15.5 Å². The Morgan fingerprint density at radius 3 is 2.70 bits per heavy atom. The molecule has 3 aromatic heterocycles. The number of rotatable bonds is 8. The molecule has 8 nitrogen and oxygen atoms in total. The Morgan fingerprint density at radius 1 is 1.10 bits per heavy atom. The third kappa shape index (κ3) is 4.47. The SMILES string of the molecule is CCCCCOc1nc(N)c2ncc(Cc3cnc(N4CCCCC4)c(C)c3)n2n1. The van der Waals surface area contributed by atoms with Crippen LogP contribution in [0.25, 0.3) is 5.65 Å². The second kappa shape index (κ2) is 9.28. The first-order chi connectivity index (χ1) is 14.7. The van der Waals surface area contributed by atoms with Crippen LogP contribution in [0.4, 0.5) is 11.6 Å². The van der Waals surface area contributed by atoms with Crippen LogP contribution in [0.2, 0.25) is 0 Å². The lowest BCUT2D eigenvalue weighted by Gasteiger charge is -2.29. The van der Waals surface area contributed by atoms with Crippen LogP contribution in [-0.4, -0.2) is 44.3 Å². The van der Waals surface area contributed by atoms with E-state index in [2.05, 4.69) is 39.9 Å². The molecule has 0 saturated carbocycles. The van der Waals surface area contributed by atoms with Crippen LogP contribution in [0, 0.1) is 6.92 Å². The summed E-state index contributed by atoms with van der Waals surface area (Å²) in [5, 5.41) is 4.52. The number of anilines is 2. The number of aryl methyl sites for hydroxylation is 1. The molecule has 0 bridgehead atoms. The number of ether oxygens (including phenoxy) is 1. The van der Waals surface area contributed by atoms with Crippen LogP contribution in [0.15, 0.2) is 18.5 Å². The summed E-state index contributed by atoms with van der Waals surface area (Å²) >= 11 is 0. The molecule has 0 aromatic carbocycles. The summed E-state index contributed by atoms with van der Waals surface area (Å²) in [6.07, 6.45) is 11.5. The van der Waals surface area contributed by atoms with Gasteiger partial charge in [-0.3, -0.25) is 0 Å². The largest absolute Gasteiger partial charge is 0.462 e. The van der Waals surface area contributed by atoms with Crippen LogP contribution < -0.4 is 15.4 Å². The topological polar surface area (TPSA) is 94.5 Å². The summed E-state index contributed by atoms with van der Waals surface area (Å²) in [6, 6.07) is 2.51. The van der Waals surface area contributed by atoms with Gasteiger partial charge in [0.05, 0.1) is 18.5 Å². The first-order valence-corrected chi connectivity index (χ1v) is 11.0. The van der Waals surface area contributed by atoms with Gasteiger partial charge >= 0.3 is 6.01 Å². The molecule has 2 N–H and O–H groups in total. The van der Waals surface area contributed by atoms with Crippen molar-refractivity contribution >= 4 is 17.3 Å². The number of nitrogens with zero attached hydrogens (tertiary/aromatic N) is 6. The highest BCUT2D eigenvalue weighted by molar-refractivity contribution is 5.60. The normalized spacial score (nSPS) is 14.4. The van der Waals surface area contributed by atoms with E-state index in [1.54, 1.807) is 10.7 Å². The van der Waals surface area contributed by atoms with E-state index in [1.165, 1.54) is 24.8 Å².